The molecule has 6 nitrogen and oxygen atoms in total. The molecule has 0 aliphatic heterocycles. The maximum atomic E-state index is 11.0. The van der Waals surface area contributed by atoms with Gasteiger partial charge in [0.25, 0.3) is 16.1 Å². The second-order valence-electron chi connectivity index (χ2n) is 3.25. The first kappa shape index (κ1) is 12.3. The van der Waals surface area contributed by atoms with Crippen LogP contribution >= 0.6 is 0 Å². The lowest BCUT2D eigenvalue weighted by molar-refractivity contribution is -0.120. The smallest absolute Gasteiger partial charge is 0.298 e. The van der Waals surface area contributed by atoms with Crippen LogP contribution in [0.3, 0.4) is 0 Å². The van der Waals surface area contributed by atoms with E-state index in [1.165, 1.54) is 0 Å². The van der Waals surface area contributed by atoms with Crippen molar-refractivity contribution < 1.29 is 13.2 Å². The highest BCUT2D eigenvalue weighted by molar-refractivity contribution is 7.87. The summed E-state index contributed by atoms with van der Waals surface area (Å²) >= 11 is 0. The van der Waals surface area contributed by atoms with Crippen molar-refractivity contribution in [2.75, 3.05) is 0 Å². The normalized spacial score (nSPS) is 14.2. The zero-order chi connectivity index (χ0) is 10.6. The van der Waals surface area contributed by atoms with Gasteiger partial charge in [-0.1, -0.05) is 13.8 Å². The standard InChI is InChI=1S/C6H15N3O3S/c1-4(2)3-5(7)6(10)9-13(8,11)12/h4-5H,3,7H2,1-2H3,(H,9,10)(H2,8,11,12)/t5-/m0/s1. The van der Waals surface area contributed by atoms with Crippen molar-refractivity contribution in [2.24, 2.45) is 16.8 Å². The van der Waals surface area contributed by atoms with Gasteiger partial charge in [0.1, 0.15) is 0 Å². The van der Waals surface area contributed by atoms with Gasteiger partial charge >= 0.3 is 0 Å². The molecule has 0 saturated heterocycles. The van der Waals surface area contributed by atoms with Crippen LogP contribution in [0.5, 0.6) is 0 Å². The third-order valence-corrected chi connectivity index (χ3v) is 1.79. The fraction of sp³-hybridized carbons (Fsp3) is 0.833. The Kier molecular flexibility index (Phi) is 4.31. The molecule has 0 aromatic heterocycles. The molecule has 0 fully saturated rings. The predicted molar refractivity (Wildman–Crippen MR) is 48.7 cm³/mol. The SMILES string of the molecule is CC(C)C[C@H](N)C(=O)NS(N)(=O)=O. The highest BCUT2D eigenvalue weighted by Gasteiger charge is 2.18. The quantitative estimate of drug-likeness (QED) is 0.532. The van der Waals surface area contributed by atoms with Crippen LogP contribution in [0, 0.1) is 5.92 Å². The molecule has 0 unspecified atom stereocenters. The molecular weight excluding hydrogens is 194 g/mol. The molecule has 1 amide bonds. The van der Waals surface area contributed by atoms with Crippen LogP contribution in [0.4, 0.5) is 0 Å². The van der Waals surface area contributed by atoms with Crippen LogP contribution < -0.4 is 15.6 Å². The van der Waals surface area contributed by atoms with Crippen molar-refractivity contribution in [3.05, 3.63) is 0 Å². The molecule has 0 heterocycles. The Labute approximate surface area is 77.9 Å². The van der Waals surface area contributed by atoms with Crippen molar-refractivity contribution in [2.45, 2.75) is 26.3 Å². The van der Waals surface area contributed by atoms with E-state index in [1.807, 2.05) is 13.8 Å². The van der Waals surface area contributed by atoms with Gasteiger partial charge in [0.2, 0.25) is 0 Å². The second kappa shape index (κ2) is 4.54. The maximum absolute atomic E-state index is 11.0. The number of rotatable bonds is 4. The maximum Gasteiger partial charge on any atom is 0.298 e. The minimum Gasteiger partial charge on any atom is -0.320 e. The first-order chi connectivity index (χ1) is 5.72. The van der Waals surface area contributed by atoms with E-state index in [0.29, 0.717) is 6.42 Å². The van der Waals surface area contributed by atoms with E-state index in [1.54, 1.807) is 4.72 Å². The molecule has 0 aromatic carbocycles. The Morgan fingerprint density at radius 1 is 1.46 bits per heavy atom. The summed E-state index contributed by atoms with van der Waals surface area (Å²) in [5.74, 6) is -0.544. The largest absolute Gasteiger partial charge is 0.320 e. The van der Waals surface area contributed by atoms with Gasteiger partial charge < -0.3 is 5.73 Å². The lowest BCUT2D eigenvalue weighted by atomic mass is 10.0. The Balaban J connectivity index is 4.13. The van der Waals surface area contributed by atoms with Crippen LogP contribution in [-0.2, 0) is 15.0 Å². The summed E-state index contributed by atoms with van der Waals surface area (Å²) in [7, 11) is -3.98. The third kappa shape index (κ3) is 6.50. The van der Waals surface area contributed by atoms with Gasteiger partial charge in [-0.25, -0.2) is 9.86 Å². The molecule has 78 valence electrons. The van der Waals surface area contributed by atoms with Crippen molar-refractivity contribution in [1.29, 1.82) is 0 Å². The minimum absolute atomic E-state index is 0.223. The van der Waals surface area contributed by atoms with Gasteiger partial charge in [0, 0.05) is 0 Å². The van der Waals surface area contributed by atoms with E-state index in [9.17, 15) is 13.2 Å². The van der Waals surface area contributed by atoms with Crippen LogP contribution in [0.25, 0.3) is 0 Å². The van der Waals surface area contributed by atoms with Gasteiger partial charge in [-0.05, 0) is 12.3 Å². The van der Waals surface area contributed by atoms with Crippen LogP contribution in [-0.4, -0.2) is 20.4 Å². The van der Waals surface area contributed by atoms with Crippen molar-refractivity contribution in [1.82, 2.24) is 4.72 Å². The molecule has 5 N–H and O–H groups in total. The van der Waals surface area contributed by atoms with Gasteiger partial charge in [0.05, 0.1) is 6.04 Å². The molecule has 0 radical (unpaired) electrons. The van der Waals surface area contributed by atoms with Crippen LogP contribution in [0.15, 0.2) is 0 Å². The molecule has 1 atom stereocenters. The van der Waals surface area contributed by atoms with Gasteiger partial charge in [-0.15, -0.1) is 0 Å². The van der Waals surface area contributed by atoms with Gasteiger partial charge in [-0.2, -0.15) is 8.42 Å². The minimum atomic E-state index is -3.98. The molecule has 13 heavy (non-hydrogen) atoms. The Morgan fingerprint density at radius 3 is 2.23 bits per heavy atom. The molecule has 0 spiro atoms. The summed E-state index contributed by atoms with van der Waals surface area (Å²) < 4.78 is 22.5. The molecule has 0 aromatic rings. The summed E-state index contributed by atoms with van der Waals surface area (Å²) in [6, 6.07) is -0.835. The number of nitrogens with one attached hydrogen (secondary N) is 1. The summed E-state index contributed by atoms with van der Waals surface area (Å²) in [5.41, 5.74) is 5.39. The van der Waals surface area contributed by atoms with Crippen molar-refractivity contribution in [3.8, 4) is 0 Å². The Hall–Kier alpha value is -0.660. The molecule has 0 bridgehead atoms. The van der Waals surface area contributed by atoms with E-state index < -0.39 is 22.2 Å². The van der Waals surface area contributed by atoms with Gasteiger partial charge in [-0.3, -0.25) is 4.79 Å². The number of hydrogen-bond donors (Lipinski definition) is 3. The highest BCUT2D eigenvalue weighted by atomic mass is 32.2. The zero-order valence-corrected chi connectivity index (χ0v) is 8.47. The fourth-order valence-electron chi connectivity index (χ4n) is 0.831. The number of nitrogens with two attached hydrogens (primary N) is 2. The Bertz CT molecular complexity index is 273. The number of hydrogen-bond acceptors (Lipinski definition) is 4. The van der Waals surface area contributed by atoms with E-state index in [0.717, 1.165) is 0 Å². The lowest BCUT2D eigenvalue weighted by Crippen LogP contribution is -2.46. The molecule has 0 aliphatic carbocycles. The highest BCUT2D eigenvalue weighted by Crippen LogP contribution is 2.02. The first-order valence-corrected chi connectivity index (χ1v) is 5.37. The van der Waals surface area contributed by atoms with E-state index in [4.69, 9.17) is 5.73 Å². The summed E-state index contributed by atoms with van der Waals surface area (Å²) in [6.45, 7) is 3.76. The van der Waals surface area contributed by atoms with E-state index in [-0.39, 0.29) is 5.92 Å². The van der Waals surface area contributed by atoms with E-state index in [2.05, 4.69) is 5.14 Å². The fourth-order valence-corrected chi connectivity index (χ4v) is 1.26. The number of carbonyl (C=O) groups is 1. The topological polar surface area (TPSA) is 115 Å². The Morgan fingerprint density at radius 2 is 1.92 bits per heavy atom. The average Bonchev–Trinajstić information content (AvgIpc) is 1.81. The molecule has 0 rings (SSSR count). The number of amides is 1. The van der Waals surface area contributed by atoms with Gasteiger partial charge in [0.15, 0.2) is 0 Å². The average molecular weight is 209 g/mol. The second-order valence-corrected chi connectivity index (χ2v) is 4.54. The zero-order valence-electron chi connectivity index (χ0n) is 7.65. The predicted octanol–water partition coefficient (Wildman–Crippen LogP) is -1.32. The first-order valence-electron chi connectivity index (χ1n) is 3.82. The molecule has 0 saturated carbocycles. The van der Waals surface area contributed by atoms with E-state index >= 15 is 0 Å². The molecule has 0 aliphatic rings. The number of carbonyl (C=O) groups excluding carboxylic acids is 1. The summed E-state index contributed by atoms with van der Waals surface area (Å²) in [4.78, 5) is 11.0. The van der Waals surface area contributed by atoms with Crippen LogP contribution in [0.1, 0.15) is 20.3 Å². The monoisotopic (exact) mass is 209 g/mol. The molecule has 7 heteroatoms. The molecular formula is C6H15N3O3S. The van der Waals surface area contributed by atoms with Crippen molar-refractivity contribution >= 4 is 16.1 Å². The van der Waals surface area contributed by atoms with Crippen LogP contribution in [0.2, 0.25) is 0 Å². The lowest BCUT2D eigenvalue weighted by Gasteiger charge is -2.12. The van der Waals surface area contributed by atoms with Crippen molar-refractivity contribution in [3.63, 3.8) is 0 Å². The summed E-state index contributed by atoms with van der Waals surface area (Å²) in [5, 5.41) is 4.59. The third-order valence-electron chi connectivity index (χ3n) is 1.30. The summed E-state index contributed by atoms with van der Waals surface area (Å²) in [6.07, 6.45) is 0.418.